The van der Waals surface area contributed by atoms with Gasteiger partial charge in [0.15, 0.2) is 0 Å². The highest BCUT2D eigenvalue weighted by Gasteiger charge is 2.35. The van der Waals surface area contributed by atoms with Crippen molar-refractivity contribution in [3.63, 3.8) is 0 Å². The topological polar surface area (TPSA) is 67.9 Å². The van der Waals surface area contributed by atoms with E-state index in [2.05, 4.69) is 46.4 Å². The predicted molar refractivity (Wildman–Crippen MR) is 188 cm³/mol. The maximum absolute atomic E-state index is 14.1. The number of carbonyl (C=O) groups is 2. The molecule has 0 bridgehead atoms. The van der Waals surface area contributed by atoms with Crippen molar-refractivity contribution in [2.24, 2.45) is 5.92 Å². The standard InChI is InChI=1S/C38H56ClN5O2/c1-3-42(4-2)21-11-10-16-36(30-12-6-5-7-13-30)43-22-24-44(25-23-43)38(46)35(26-29-17-19-33(39)20-18-29)41-37(45)34-27-31-14-8-9-15-32(31)28-40-34/h8-9,14-15,17-20,30,34-36,40H,3-7,10-13,16,21-28H2,1-2H3,(H,41,45)/t34-,35-,36?/m1/s1. The minimum absolute atomic E-state index is 0.0209. The van der Waals surface area contributed by atoms with Gasteiger partial charge in [-0.2, -0.15) is 0 Å². The largest absolute Gasteiger partial charge is 0.343 e. The molecule has 2 aliphatic heterocycles. The second-order valence-corrected chi connectivity index (χ2v) is 14.1. The molecule has 3 aliphatic rings. The highest BCUT2D eigenvalue weighted by Crippen LogP contribution is 2.32. The van der Waals surface area contributed by atoms with E-state index in [1.54, 1.807) is 0 Å². The van der Waals surface area contributed by atoms with Gasteiger partial charge >= 0.3 is 0 Å². The third-order valence-electron chi connectivity index (χ3n) is 10.8. The minimum atomic E-state index is -0.617. The van der Waals surface area contributed by atoms with Crippen LogP contribution in [0.15, 0.2) is 48.5 Å². The van der Waals surface area contributed by atoms with Crippen LogP contribution in [0.25, 0.3) is 0 Å². The van der Waals surface area contributed by atoms with E-state index in [9.17, 15) is 9.59 Å². The lowest BCUT2D eigenvalue weighted by Crippen LogP contribution is -2.59. The fraction of sp³-hybridized carbons (Fsp3) is 0.632. The number of hydrogen-bond acceptors (Lipinski definition) is 5. The number of rotatable bonds is 14. The van der Waals surface area contributed by atoms with E-state index < -0.39 is 6.04 Å². The van der Waals surface area contributed by atoms with Crippen LogP contribution in [0.5, 0.6) is 0 Å². The Hall–Kier alpha value is -2.45. The summed E-state index contributed by atoms with van der Waals surface area (Å²) in [6.45, 7) is 11.9. The summed E-state index contributed by atoms with van der Waals surface area (Å²) in [5.74, 6) is 0.685. The number of halogens is 1. The van der Waals surface area contributed by atoms with Crippen molar-refractivity contribution >= 4 is 23.4 Å². The van der Waals surface area contributed by atoms with Gasteiger partial charge in [-0.25, -0.2) is 0 Å². The van der Waals surface area contributed by atoms with Crippen molar-refractivity contribution in [3.05, 3.63) is 70.2 Å². The maximum atomic E-state index is 14.1. The molecule has 8 heteroatoms. The Morgan fingerprint density at radius 2 is 1.63 bits per heavy atom. The zero-order valence-electron chi connectivity index (χ0n) is 28.2. The first-order chi connectivity index (χ1) is 22.4. The molecule has 5 rings (SSSR count). The molecule has 1 unspecified atom stereocenters. The van der Waals surface area contributed by atoms with Crippen molar-refractivity contribution < 1.29 is 9.59 Å². The molecule has 252 valence electrons. The molecule has 2 N–H and O–H groups in total. The number of nitrogens with one attached hydrogen (secondary N) is 2. The Morgan fingerprint density at radius 1 is 0.935 bits per heavy atom. The molecule has 2 heterocycles. The number of benzene rings is 2. The zero-order chi connectivity index (χ0) is 32.3. The van der Waals surface area contributed by atoms with Crippen molar-refractivity contribution in [2.75, 3.05) is 45.8 Å². The van der Waals surface area contributed by atoms with E-state index in [0.29, 0.717) is 43.5 Å². The van der Waals surface area contributed by atoms with Crippen molar-refractivity contribution in [1.29, 1.82) is 0 Å². The lowest BCUT2D eigenvalue weighted by molar-refractivity contribution is -0.138. The van der Waals surface area contributed by atoms with Crippen LogP contribution in [0, 0.1) is 5.92 Å². The smallest absolute Gasteiger partial charge is 0.245 e. The Bertz CT molecular complexity index is 1240. The molecule has 1 saturated carbocycles. The molecular weight excluding hydrogens is 594 g/mol. The summed E-state index contributed by atoms with van der Waals surface area (Å²) in [7, 11) is 0. The first-order valence-corrected chi connectivity index (χ1v) is 18.4. The second-order valence-electron chi connectivity index (χ2n) is 13.6. The van der Waals surface area contributed by atoms with Crippen LogP contribution in [-0.4, -0.2) is 90.5 Å². The monoisotopic (exact) mass is 649 g/mol. The molecule has 2 aromatic carbocycles. The lowest BCUT2D eigenvalue weighted by atomic mass is 9.81. The summed E-state index contributed by atoms with van der Waals surface area (Å²) in [5.41, 5.74) is 3.41. The van der Waals surface area contributed by atoms with Crippen LogP contribution in [0.4, 0.5) is 0 Å². The lowest BCUT2D eigenvalue weighted by Gasteiger charge is -2.44. The van der Waals surface area contributed by atoms with Crippen LogP contribution in [0.3, 0.4) is 0 Å². The average Bonchev–Trinajstić information content (AvgIpc) is 3.10. The quantitative estimate of drug-likeness (QED) is 0.258. The minimum Gasteiger partial charge on any atom is -0.343 e. The molecule has 0 spiro atoms. The van der Waals surface area contributed by atoms with Gasteiger partial charge in [0.1, 0.15) is 6.04 Å². The normalized spacial score (nSPS) is 20.7. The van der Waals surface area contributed by atoms with Gasteiger partial charge < -0.3 is 20.4 Å². The molecule has 3 atom stereocenters. The van der Waals surface area contributed by atoms with E-state index in [1.165, 1.54) is 69.0 Å². The van der Waals surface area contributed by atoms with Gasteiger partial charge in [0.25, 0.3) is 0 Å². The first-order valence-electron chi connectivity index (χ1n) is 18.0. The molecule has 0 aromatic heterocycles. The van der Waals surface area contributed by atoms with Crippen LogP contribution >= 0.6 is 11.6 Å². The SMILES string of the molecule is CCN(CC)CCCCC(C1CCCCC1)N1CCN(C(=O)[C@@H](Cc2ccc(Cl)cc2)NC(=O)[C@H]2Cc3ccccc3CN2)CC1. The summed E-state index contributed by atoms with van der Waals surface area (Å²) < 4.78 is 0. The molecule has 0 radical (unpaired) electrons. The molecule has 1 saturated heterocycles. The van der Waals surface area contributed by atoms with E-state index >= 15 is 0 Å². The van der Waals surface area contributed by atoms with Crippen LogP contribution in [0.1, 0.15) is 81.9 Å². The fourth-order valence-corrected chi connectivity index (χ4v) is 8.05. The number of nitrogens with zero attached hydrogens (tertiary/aromatic N) is 3. The maximum Gasteiger partial charge on any atom is 0.245 e. The van der Waals surface area contributed by atoms with E-state index in [0.717, 1.165) is 37.7 Å². The summed E-state index contributed by atoms with van der Waals surface area (Å²) in [5, 5.41) is 7.23. The number of hydrogen-bond donors (Lipinski definition) is 2. The summed E-state index contributed by atoms with van der Waals surface area (Å²) in [4.78, 5) is 35.0. The van der Waals surface area contributed by atoms with Crippen molar-refractivity contribution in [1.82, 2.24) is 25.3 Å². The van der Waals surface area contributed by atoms with Crippen molar-refractivity contribution in [3.8, 4) is 0 Å². The van der Waals surface area contributed by atoms with E-state index in [1.807, 2.05) is 41.3 Å². The molecule has 2 aromatic rings. The van der Waals surface area contributed by atoms with Gasteiger partial charge in [-0.15, -0.1) is 0 Å². The van der Waals surface area contributed by atoms with Gasteiger partial charge in [-0.1, -0.05) is 87.5 Å². The van der Waals surface area contributed by atoms with Crippen LogP contribution in [0.2, 0.25) is 5.02 Å². The molecule has 7 nitrogen and oxygen atoms in total. The van der Waals surface area contributed by atoms with Gasteiger partial charge in [-0.3, -0.25) is 14.5 Å². The Balaban J connectivity index is 1.21. The van der Waals surface area contributed by atoms with Crippen molar-refractivity contribution in [2.45, 2.75) is 103 Å². The number of carbonyl (C=O) groups excluding carboxylic acids is 2. The average molecular weight is 650 g/mol. The highest BCUT2D eigenvalue weighted by molar-refractivity contribution is 6.30. The van der Waals surface area contributed by atoms with Gasteiger partial charge in [0.05, 0.1) is 6.04 Å². The van der Waals surface area contributed by atoms with Gasteiger partial charge in [0, 0.05) is 50.2 Å². The number of amides is 2. The number of fused-ring (bicyclic) bond motifs is 1. The summed E-state index contributed by atoms with van der Waals surface area (Å²) >= 11 is 6.16. The number of piperazine rings is 1. The van der Waals surface area contributed by atoms with E-state index in [-0.39, 0.29) is 17.9 Å². The first kappa shape index (κ1) is 34.9. The zero-order valence-corrected chi connectivity index (χ0v) is 28.9. The predicted octanol–water partition coefficient (Wildman–Crippen LogP) is 5.69. The van der Waals surface area contributed by atoms with Gasteiger partial charge in [-0.05, 0) is 86.5 Å². The second kappa shape index (κ2) is 17.6. The third-order valence-corrected chi connectivity index (χ3v) is 11.0. The Morgan fingerprint density at radius 3 is 2.33 bits per heavy atom. The molecular formula is C38H56ClN5O2. The van der Waals surface area contributed by atoms with E-state index in [4.69, 9.17) is 11.6 Å². The Labute approximate surface area is 282 Å². The molecule has 2 fully saturated rings. The van der Waals surface area contributed by atoms with Crippen LogP contribution < -0.4 is 10.6 Å². The third kappa shape index (κ3) is 9.56. The fourth-order valence-electron chi connectivity index (χ4n) is 7.93. The van der Waals surface area contributed by atoms with Crippen LogP contribution in [-0.2, 0) is 29.0 Å². The Kier molecular flexibility index (Phi) is 13.4. The molecule has 1 aliphatic carbocycles. The molecule has 2 amide bonds. The number of unbranched alkanes of at least 4 members (excludes halogenated alkanes) is 1. The summed E-state index contributed by atoms with van der Waals surface area (Å²) in [6.07, 6.45) is 11.6. The highest BCUT2D eigenvalue weighted by atomic mass is 35.5. The summed E-state index contributed by atoms with van der Waals surface area (Å²) in [6, 6.07) is 15.5. The molecule has 46 heavy (non-hydrogen) atoms. The van der Waals surface area contributed by atoms with Gasteiger partial charge in [0.2, 0.25) is 11.8 Å².